The molecule has 2 aromatic carbocycles. The van der Waals surface area contributed by atoms with Crippen LogP contribution in [0.4, 0.5) is 10.5 Å². The molecule has 0 aliphatic carbocycles. The van der Waals surface area contributed by atoms with Crippen molar-refractivity contribution in [3.05, 3.63) is 71.3 Å². The number of carboxylic acid groups (broad SMARTS) is 1. The highest BCUT2D eigenvalue weighted by Gasteiger charge is 2.21. The van der Waals surface area contributed by atoms with Crippen molar-refractivity contribution in [2.24, 2.45) is 0 Å². The van der Waals surface area contributed by atoms with Gasteiger partial charge in [0, 0.05) is 30.9 Å². The second-order valence-electron chi connectivity index (χ2n) is 8.26. The maximum Gasteiger partial charge on any atom is 0.408 e. The number of ether oxygens (including phenoxy) is 1. The van der Waals surface area contributed by atoms with Gasteiger partial charge in [0.2, 0.25) is 0 Å². The topological polar surface area (TPSA) is 103 Å². The van der Waals surface area contributed by atoms with Gasteiger partial charge in [-0.2, -0.15) is 0 Å². The number of hydrogen-bond acceptors (Lipinski definition) is 5. The highest BCUT2D eigenvalue weighted by Crippen LogP contribution is 2.16. The highest BCUT2D eigenvalue weighted by atomic mass is 16.6. The van der Waals surface area contributed by atoms with Crippen LogP contribution in [0.5, 0.6) is 0 Å². The Kier molecular flexibility index (Phi) is 7.58. The van der Waals surface area contributed by atoms with E-state index < -0.39 is 23.7 Å². The summed E-state index contributed by atoms with van der Waals surface area (Å²) in [7, 11) is 3.93. The minimum Gasteiger partial charge on any atom is -0.479 e. The van der Waals surface area contributed by atoms with Gasteiger partial charge in [0.25, 0.3) is 0 Å². The Morgan fingerprint density at radius 3 is 2.00 bits per heavy atom. The molecule has 0 radical (unpaired) electrons. The summed E-state index contributed by atoms with van der Waals surface area (Å²) in [5.41, 5.74) is 3.04. The lowest BCUT2D eigenvalue weighted by Gasteiger charge is -2.21. The van der Waals surface area contributed by atoms with Gasteiger partial charge in [-0.3, -0.25) is 5.41 Å². The zero-order chi connectivity index (χ0) is 23.2. The van der Waals surface area contributed by atoms with Crippen molar-refractivity contribution in [2.75, 3.05) is 19.0 Å². The molecule has 0 bridgehead atoms. The number of anilines is 1. The fraction of sp³-hybridized carbons (Fsp3) is 0.292. The molecule has 0 heterocycles. The van der Waals surface area contributed by atoms with Crippen molar-refractivity contribution in [2.45, 2.75) is 32.4 Å². The van der Waals surface area contributed by atoms with Crippen molar-refractivity contribution in [1.29, 1.82) is 5.41 Å². The molecular weight excluding hydrogens is 394 g/mol. The molecule has 0 aromatic heterocycles. The fourth-order valence-corrected chi connectivity index (χ4v) is 2.69. The molecular formula is C24H29N3O4. The van der Waals surface area contributed by atoms with Gasteiger partial charge in [-0.25, -0.2) is 9.59 Å². The minimum atomic E-state index is -1.22. The Morgan fingerprint density at radius 2 is 1.55 bits per heavy atom. The quantitative estimate of drug-likeness (QED) is 0.580. The Labute approximate surface area is 182 Å². The standard InChI is InChI=1S/C24H29N3O4/c1-24(2,3)31-23(30)26-20(22(28)29)15-8-16-6-9-17(10-7-16)21(25)18-11-13-19(14-12-18)27(4)5/h6-15,20,25H,1-5H3,(H,26,30)(H,28,29)/b15-8+,25-21?/t20-/m0/s1. The van der Waals surface area contributed by atoms with Crippen LogP contribution in [0.2, 0.25) is 0 Å². The van der Waals surface area contributed by atoms with Gasteiger partial charge in [-0.05, 0) is 38.5 Å². The van der Waals surface area contributed by atoms with E-state index in [-0.39, 0.29) is 0 Å². The van der Waals surface area contributed by atoms with Crippen LogP contribution in [-0.4, -0.2) is 48.6 Å². The third kappa shape index (κ3) is 7.29. The van der Waals surface area contributed by atoms with Gasteiger partial charge in [-0.15, -0.1) is 0 Å². The van der Waals surface area contributed by atoms with Crippen molar-refractivity contribution in [3.63, 3.8) is 0 Å². The third-order valence-electron chi connectivity index (χ3n) is 4.29. The molecule has 7 heteroatoms. The SMILES string of the molecule is CN(C)c1ccc(C(=N)c2ccc(/C=C/[C@H](NC(=O)OC(C)(C)C)C(=O)O)cc2)cc1. The van der Waals surface area contributed by atoms with E-state index in [0.29, 0.717) is 5.71 Å². The summed E-state index contributed by atoms with van der Waals surface area (Å²) in [5, 5.41) is 20.1. The van der Waals surface area contributed by atoms with E-state index in [2.05, 4.69) is 5.32 Å². The van der Waals surface area contributed by atoms with E-state index in [9.17, 15) is 14.7 Å². The number of nitrogens with zero attached hydrogens (tertiary/aromatic N) is 1. The number of rotatable bonds is 7. The Balaban J connectivity index is 2.07. The fourth-order valence-electron chi connectivity index (χ4n) is 2.69. The molecule has 0 aliphatic rings. The molecule has 0 spiro atoms. The summed E-state index contributed by atoms with van der Waals surface area (Å²) in [6.07, 6.45) is 2.19. The van der Waals surface area contributed by atoms with Crippen LogP contribution >= 0.6 is 0 Å². The normalized spacial score (nSPS) is 12.3. The molecule has 3 N–H and O–H groups in total. The maximum absolute atomic E-state index is 11.8. The molecule has 2 aromatic rings. The molecule has 0 unspecified atom stereocenters. The zero-order valence-corrected chi connectivity index (χ0v) is 18.5. The smallest absolute Gasteiger partial charge is 0.408 e. The van der Waals surface area contributed by atoms with Gasteiger partial charge in [0.1, 0.15) is 11.6 Å². The van der Waals surface area contributed by atoms with Crippen LogP contribution in [0.15, 0.2) is 54.6 Å². The van der Waals surface area contributed by atoms with E-state index in [0.717, 1.165) is 22.4 Å². The van der Waals surface area contributed by atoms with Gasteiger partial charge < -0.3 is 20.1 Å². The number of benzene rings is 2. The maximum atomic E-state index is 11.8. The highest BCUT2D eigenvalue weighted by molar-refractivity contribution is 6.11. The molecule has 0 aliphatic heterocycles. The van der Waals surface area contributed by atoms with Gasteiger partial charge in [-0.1, -0.05) is 48.6 Å². The Hall–Kier alpha value is -3.61. The molecule has 0 saturated heterocycles. The molecule has 1 atom stereocenters. The number of nitrogens with one attached hydrogen (secondary N) is 2. The summed E-state index contributed by atoms with van der Waals surface area (Å²) in [6, 6.07) is 13.7. The minimum absolute atomic E-state index is 0.399. The van der Waals surface area contributed by atoms with Gasteiger partial charge >= 0.3 is 12.1 Å². The second-order valence-corrected chi connectivity index (χ2v) is 8.26. The first-order chi connectivity index (χ1) is 14.5. The first-order valence-corrected chi connectivity index (χ1v) is 9.83. The molecule has 31 heavy (non-hydrogen) atoms. The predicted molar refractivity (Wildman–Crippen MR) is 123 cm³/mol. The first-order valence-electron chi connectivity index (χ1n) is 9.83. The van der Waals surface area contributed by atoms with Gasteiger partial charge in [0.15, 0.2) is 0 Å². The van der Waals surface area contributed by atoms with E-state index in [1.807, 2.05) is 43.3 Å². The number of aliphatic carboxylic acids is 1. The number of alkyl carbamates (subject to hydrolysis) is 1. The van der Waals surface area contributed by atoms with Crippen LogP contribution in [0, 0.1) is 5.41 Å². The lowest BCUT2D eigenvalue weighted by molar-refractivity contribution is -0.138. The number of carbonyl (C=O) groups is 2. The van der Waals surface area contributed by atoms with E-state index in [1.165, 1.54) is 6.08 Å². The average Bonchev–Trinajstić information content (AvgIpc) is 2.69. The average molecular weight is 424 g/mol. The summed E-state index contributed by atoms with van der Waals surface area (Å²) >= 11 is 0. The summed E-state index contributed by atoms with van der Waals surface area (Å²) < 4.78 is 5.10. The number of carbonyl (C=O) groups excluding carboxylic acids is 1. The van der Waals surface area contributed by atoms with Crippen molar-refractivity contribution in [1.82, 2.24) is 5.32 Å². The molecule has 0 saturated carbocycles. The molecule has 0 fully saturated rings. The Bertz CT molecular complexity index is 956. The summed E-state index contributed by atoms with van der Waals surface area (Å²) in [4.78, 5) is 25.3. The van der Waals surface area contributed by atoms with E-state index >= 15 is 0 Å². The zero-order valence-electron chi connectivity index (χ0n) is 18.5. The van der Waals surface area contributed by atoms with Crippen molar-refractivity contribution in [3.8, 4) is 0 Å². The van der Waals surface area contributed by atoms with Crippen molar-refractivity contribution >= 4 is 29.5 Å². The molecule has 164 valence electrons. The van der Waals surface area contributed by atoms with Crippen LogP contribution in [0.3, 0.4) is 0 Å². The second kappa shape index (κ2) is 9.93. The molecule has 7 nitrogen and oxygen atoms in total. The molecule has 2 rings (SSSR count). The Morgan fingerprint density at radius 1 is 1.03 bits per heavy atom. The lowest BCUT2D eigenvalue weighted by Crippen LogP contribution is -2.42. The van der Waals surface area contributed by atoms with Crippen LogP contribution in [0.25, 0.3) is 6.08 Å². The van der Waals surface area contributed by atoms with Crippen LogP contribution in [-0.2, 0) is 9.53 Å². The number of carboxylic acids is 1. The number of amides is 1. The van der Waals surface area contributed by atoms with Gasteiger partial charge in [0.05, 0.1) is 5.71 Å². The summed E-state index contributed by atoms with van der Waals surface area (Å²) in [5.74, 6) is -1.19. The largest absolute Gasteiger partial charge is 0.479 e. The predicted octanol–water partition coefficient (Wildman–Crippen LogP) is 4.16. The first kappa shape index (κ1) is 23.7. The third-order valence-corrected chi connectivity index (χ3v) is 4.29. The van der Waals surface area contributed by atoms with Crippen LogP contribution in [0.1, 0.15) is 37.5 Å². The molecule has 1 amide bonds. The number of hydrogen-bond donors (Lipinski definition) is 3. The van der Waals surface area contributed by atoms with E-state index in [1.54, 1.807) is 51.1 Å². The lowest BCUT2D eigenvalue weighted by atomic mass is 10.0. The summed E-state index contributed by atoms with van der Waals surface area (Å²) in [6.45, 7) is 5.11. The van der Waals surface area contributed by atoms with Crippen LogP contribution < -0.4 is 10.2 Å². The van der Waals surface area contributed by atoms with E-state index in [4.69, 9.17) is 10.1 Å². The van der Waals surface area contributed by atoms with Crippen molar-refractivity contribution < 1.29 is 19.4 Å². The monoisotopic (exact) mass is 423 g/mol.